The largest absolute Gasteiger partial charge is 0.495 e. The maximum absolute atomic E-state index is 12.4. The molecule has 2 N–H and O–H groups in total. The molecule has 1 aromatic heterocycles. The van der Waals surface area contributed by atoms with Gasteiger partial charge in [-0.05, 0) is 37.3 Å². The van der Waals surface area contributed by atoms with Gasteiger partial charge < -0.3 is 10.1 Å². The highest BCUT2D eigenvalue weighted by Crippen LogP contribution is 2.27. The summed E-state index contributed by atoms with van der Waals surface area (Å²) in [6.45, 7) is 2.04. The van der Waals surface area contributed by atoms with Crippen LogP contribution in [0, 0.1) is 11.7 Å². The van der Waals surface area contributed by atoms with Crippen molar-refractivity contribution in [2.24, 2.45) is 0 Å². The van der Waals surface area contributed by atoms with E-state index in [9.17, 15) is 4.79 Å². The van der Waals surface area contributed by atoms with Gasteiger partial charge in [0.05, 0.1) is 12.1 Å². The van der Waals surface area contributed by atoms with Crippen LogP contribution in [-0.4, -0.2) is 27.8 Å². The van der Waals surface area contributed by atoms with E-state index in [2.05, 4.69) is 15.5 Å². The van der Waals surface area contributed by atoms with E-state index < -0.39 is 0 Å². The lowest BCUT2D eigenvalue weighted by Gasteiger charge is -2.10. The quantitative estimate of drug-likeness (QED) is 0.642. The number of hydrogen-bond acceptors (Lipinski definition) is 4. The van der Waals surface area contributed by atoms with Crippen molar-refractivity contribution in [1.29, 1.82) is 0 Å². The zero-order valence-electron chi connectivity index (χ0n) is 14.2. The fourth-order valence-corrected chi connectivity index (χ4v) is 2.93. The maximum atomic E-state index is 12.4. The summed E-state index contributed by atoms with van der Waals surface area (Å²) in [7, 11) is 1.53. The van der Waals surface area contributed by atoms with E-state index in [4.69, 9.17) is 28.6 Å². The number of H-pyrrole nitrogens is 1. The van der Waals surface area contributed by atoms with E-state index in [-0.39, 0.29) is 12.5 Å². The van der Waals surface area contributed by atoms with Crippen LogP contribution < -0.4 is 10.1 Å². The van der Waals surface area contributed by atoms with Crippen LogP contribution in [0.25, 0.3) is 11.4 Å². The molecule has 6 nitrogen and oxygen atoms in total. The number of aryl methyl sites for hydroxylation is 1. The number of halogens is 1. The van der Waals surface area contributed by atoms with Crippen molar-refractivity contribution < 1.29 is 9.53 Å². The summed E-state index contributed by atoms with van der Waals surface area (Å²) >= 11 is 11.3. The molecule has 0 fully saturated rings. The number of anilines is 1. The Labute approximate surface area is 160 Å². The molecule has 0 saturated carbocycles. The number of amides is 1. The Morgan fingerprint density at radius 2 is 2.04 bits per heavy atom. The monoisotopic (exact) mass is 388 g/mol. The maximum Gasteiger partial charge on any atom is 0.244 e. The van der Waals surface area contributed by atoms with Crippen LogP contribution in [0.4, 0.5) is 5.69 Å². The van der Waals surface area contributed by atoms with Gasteiger partial charge >= 0.3 is 0 Å². The lowest BCUT2D eigenvalue weighted by Crippen LogP contribution is -2.19. The molecule has 0 radical (unpaired) electrons. The summed E-state index contributed by atoms with van der Waals surface area (Å²) in [6, 6.07) is 12.9. The van der Waals surface area contributed by atoms with Crippen molar-refractivity contribution in [2.75, 3.05) is 12.4 Å². The van der Waals surface area contributed by atoms with Crippen molar-refractivity contribution in [2.45, 2.75) is 13.5 Å². The van der Waals surface area contributed by atoms with Crippen LogP contribution in [0.5, 0.6) is 5.75 Å². The van der Waals surface area contributed by atoms with Crippen molar-refractivity contribution >= 4 is 35.4 Å². The molecule has 0 atom stereocenters. The van der Waals surface area contributed by atoms with Crippen molar-refractivity contribution in [1.82, 2.24) is 14.8 Å². The molecule has 0 bridgehead atoms. The number of nitrogens with one attached hydrogen (secondary N) is 2. The Balaban J connectivity index is 1.80. The predicted molar refractivity (Wildman–Crippen MR) is 104 cm³/mol. The first-order chi connectivity index (χ1) is 12.5. The summed E-state index contributed by atoms with van der Waals surface area (Å²) in [6.07, 6.45) is 0. The standard InChI is InChI=1S/C18H17ClN4O2S/c1-11-3-5-12(6-4-11)17-21-22-18(26)23(17)10-16(24)20-13-7-8-15(25-2)14(19)9-13/h3-9H,10H2,1-2H3,(H,20,24)(H,22,26). The Morgan fingerprint density at radius 1 is 1.31 bits per heavy atom. The van der Waals surface area contributed by atoms with Crippen LogP contribution in [0.3, 0.4) is 0 Å². The van der Waals surface area contributed by atoms with Gasteiger partial charge in [-0.2, -0.15) is 5.10 Å². The van der Waals surface area contributed by atoms with Crippen LogP contribution in [0.2, 0.25) is 5.02 Å². The molecular formula is C18H17ClN4O2S. The molecule has 2 aromatic carbocycles. The number of rotatable bonds is 5. The molecule has 8 heteroatoms. The van der Waals surface area contributed by atoms with Gasteiger partial charge in [0.25, 0.3) is 0 Å². The van der Waals surface area contributed by atoms with E-state index in [1.54, 1.807) is 22.8 Å². The highest BCUT2D eigenvalue weighted by atomic mass is 35.5. The molecular weight excluding hydrogens is 372 g/mol. The minimum Gasteiger partial charge on any atom is -0.495 e. The number of methoxy groups -OCH3 is 1. The zero-order valence-corrected chi connectivity index (χ0v) is 15.8. The Hall–Kier alpha value is -2.64. The summed E-state index contributed by atoms with van der Waals surface area (Å²) < 4.78 is 7.14. The molecule has 0 spiro atoms. The summed E-state index contributed by atoms with van der Waals surface area (Å²) in [5, 5.41) is 10.2. The van der Waals surface area contributed by atoms with Gasteiger partial charge in [0, 0.05) is 11.3 Å². The van der Waals surface area contributed by atoms with Crippen LogP contribution >= 0.6 is 23.8 Å². The lowest BCUT2D eigenvalue weighted by molar-refractivity contribution is -0.116. The van der Waals surface area contributed by atoms with Gasteiger partial charge in [0.1, 0.15) is 12.3 Å². The Bertz CT molecular complexity index is 995. The summed E-state index contributed by atoms with van der Waals surface area (Å²) in [5.41, 5.74) is 2.60. The molecule has 134 valence electrons. The van der Waals surface area contributed by atoms with Crippen LogP contribution in [0.1, 0.15) is 5.56 Å². The normalized spacial score (nSPS) is 10.6. The summed E-state index contributed by atoms with van der Waals surface area (Å²) in [4.78, 5) is 12.4. The average Bonchev–Trinajstić information content (AvgIpc) is 2.96. The molecule has 0 unspecified atom stereocenters. The minimum atomic E-state index is -0.239. The smallest absolute Gasteiger partial charge is 0.244 e. The number of nitrogens with zero attached hydrogens (tertiary/aromatic N) is 2. The first kappa shape index (κ1) is 18.2. The molecule has 26 heavy (non-hydrogen) atoms. The van der Waals surface area contributed by atoms with Gasteiger partial charge in [0.15, 0.2) is 10.6 Å². The first-order valence-electron chi connectivity index (χ1n) is 7.83. The Morgan fingerprint density at radius 3 is 2.69 bits per heavy atom. The highest BCUT2D eigenvalue weighted by Gasteiger charge is 2.13. The molecule has 0 aliphatic rings. The topological polar surface area (TPSA) is 71.9 Å². The second-order valence-electron chi connectivity index (χ2n) is 5.70. The lowest BCUT2D eigenvalue weighted by atomic mass is 10.1. The molecule has 3 aromatic rings. The predicted octanol–water partition coefficient (Wildman–Crippen LogP) is 4.22. The minimum absolute atomic E-state index is 0.0300. The van der Waals surface area contributed by atoms with Crippen molar-refractivity contribution in [3.8, 4) is 17.1 Å². The van der Waals surface area contributed by atoms with Crippen molar-refractivity contribution in [3.05, 3.63) is 57.8 Å². The summed E-state index contributed by atoms with van der Waals surface area (Å²) in [5.74, 6) is 0.915. The first-order valence-corrected chi connectivity index (χ1v) is 8.62. The zero-order chi connectivity index (χ0) is 18.7. The number of carbonyl (C=O) groups excluding carboxylic acids is 1. The third kappa shape index (κ3) is 3.95. The molecule has 1 amide bonds. The molecule has 0 aliphatic heterocycles. The number of carbonyl (C=O) groups is 1. The second kappa shape index (κ2) is 7.72. The van der Waals surface area contributed by atoms with E-state index in [1.807, 2.05) is 31.2 Å². The molecule has 3 rings (SSSR count). The van der Waals surface area contributed by atoms with E-state index >= 15 is 0 Å². The van der Waals surface area contributed by atoms with E-state index in [1.165, 1.54) is 7.11 Å². The highest BCUT2D eigenvalue weighted by molar-refractivity contribution is 7.71. The third-order valence-corrected chi connectivity index (χ3v) is 4.41. The van der Waals surface area contributed by atoms with E-state index in [0.717, 1.165) is 11.1 Å². The SMILES string of the molecule is COc1ccc(NC(=O)Cn2c(-c3ccc(C)cc3)n[nH]c2=S)cc1Cl. The van der Waals surface area contributed by atoms with Gasteiger partial charge in [0.2, 0.25) is 5.91 Å². The van der Waals surface area contributed by atoms with Crippen LogP contribution in [0.15, 0.2) is 42.5 Å². The molecule has 0 aliphatic carbocycles. The number of aromatic nitrogens is 3. The van der Waals surface area contributed by atoms with Gasteiger partial charge in [-0.3, -0.25) is 14.5 Å². The fourth-order valence-electron chi connectivity index (χ4n) is 2.48. The Kier molecular flexibility index (Phi) is 5.39. The fraction of sp³-hybridized carbons (Fsp3) is 0.167. The molecule has 0 saturated heterocycles. The number of aromatic amines is 1. The van der Waals surface area contributed by atoms with Gasteiger partial charge in [-0.15, -0.1) is 0 Å². The third-order valence-electron chi connectivity index (χ3n) is 3.81. The second-order valence-corrected chi connectivity index (χ2v) is 6.50. The van der Waals surface area contributed by atoms with Gasteiger partial charge in [-0.25, -0.2) is 0 Å². The van der Waals surface area contributed by atoms with Crippen molar-refractivity contribution in [3.63, 3.8) is 0 Å². The number of benzene rings is 2. The van der Waals surface area contributed by atoms with E-state index in [0.29, 0.717) is 27.1 Å². The average molecular weight is 389 g/mol. The number of ether oxygens (including phenoxy) is 1. The number of hydrogen-bond donors (Lipinski definition) is 2. The van der Waals surface area contributed by atoms with Gasteiger partial charge in [-0.1, -0.05) is 41.4 Å². The van der Waals surface area contributed by atoms with Crippen LogP contribution in [-0.2, 0) is 11.3 Å². The molecule has 1 heterocycles.